The van der Waals surface area contributed by atoms with Crippen molar-refractivity contribution in [2.45, 2.75) is 30.9 Å². The molecule has 4 nitrogen and oxygen atoms in total. The molecule has 2 aromatic carbocycles. The van der Waals surface area contributed by atoms with Crippen LogP contribution in [0.2, 0.25) is 0 Å². The smallest absolute Gasteiger partial charge is 0.251 e. The van der Waals surface area contributed by atoms with Gasteiger partial charge < -0.3 is 14.8 Å². The average Bonchev–Trinajstić information content (AvgIpc) is 2.73. The Kier molecular flexibility index (Phi) is 7.03. The van der Waals surface area contributed by atoms with Crippen LogP contribution in [0, 0.1) is 6.92 Å². The molecule has 3 rings (SSSR count). The molecule has 1 amide bonds. The molecule has 0 bridgehead atoms. The van der Waals surface area contributed by atoms with Gasteiger partial charge in [-0.05, 0) is 49.8 Å². The topological polar surface area (TPSA) is 47.6 Å². The molecule has 0 unspecified atom stereocenters. The first-order valence-corrected chi connectivity index (χ1v) is 11.1. The number of carbonyl (C=O) groups excluding carboxylic acids is 1. The van der Waals surface area contributed by atoms with Gasteiger partial charge in [-0.3, -0.25) is 4.79 Å². The largest absolute Gasteiger partial charge is 0.496 e. The standard InChI is InChI=1S/C23H29NO3S/c1-17-4-9-21(26-2)20(14-17)23(10-12-27-13-11-23)16-24-22(25)19-7-5-18(6-8-19)15-28-3/h4-9,14H,10-13,15-16H2,1-3H3,(H,24,25). The number of rotatable bonds is 7. The minimum Gasteiger partial charge on any atom is -0.496 e. The third kappa shape index (κ3) is 4.70. The van der Waals surface area contributed by atoms with Crippen LogP contribution in [0.3, 0.4) is 0 Å². The molecule has 0 radical (unpaired) electrons. The number of benzene rings is 2. The van der Waals surface area contributed by atoms with Gasteiger partial charge in [-0.2, -0.15) is 11.8 Å². The molecule has 28 heavy (non-hydrogen) atoms. The molecule has 0 spiro atoms. The van der Waals surface area contributed by atoms with Gasteiger partial charge in [0.15, 0.2) is 0 Å². The summed E-state index contributed by atoms with van der Waals surface area (Å²) in [6, 6.07) is 14.1. The second kappa shape index (κ2) is 9.48. The van der Waals surface area contributed by atoms with Crippen LogP contribution < -0.4 is 10.1 Å². The van der Waals surface area contributed by atoms with Crippen molar-refractivity contribution in [2.75, 3.05) is 33.1 Å². The summed E-state index contributed by atoms with van der Waals surface area (Å²) in [6.07, 6.45) is 3.80. The minimum atomic E-state index is -0.177. The van der Waals surface area contributed by atoms with Crippen molar-refractivity contribution in [3.05, 3.63) is 64.7 Å². The minimum absolute atomic E-state index is 0.0341. The van der Waals surface area contributed by atoms with Crippen molar-refractivity contribution in [3.8, 4) is 5.75 Å². The van der Waals surface area contributed by atoms with E-state index in [1.165, 1.54) is 11.1 Å². The van der Waals surface area contributed by atoms with E-state index in [1.54, 1.807) is 18.9 Å². The number of ether oxygens (including phenoxy) is 2. The lowest BCUT2D eigenvalue weighted by molar-refractivity contribution is 0.0479. The summed E-state index contributed by atoms with van der Waals surface area (Å²) >= 11 is 1.78. The fourth-order valence-corrected chi connectivity index (χ4v) is 4.34. The Balaban J connectivity index is 1.80. The Morgan fingerprint density at radius 3 is 2.54 bits per heavy atom. The van der Waals surface area contributed by atoms with Crippen LogP contribution in [0.4, 0.5) is 0 Å². The van der Waals surface area contributed by atoms with Gasteiger partial charge in [-0.15, -0.1) is 0 Å². The molecule has 2 aromatic rings. The summed E-state index contributed by atoms with van der Waals surface area (Å²) in [4.78, 5) is 12.8. The average molecular weight is 400 g/mol. The van der Waals surface area contributed by atoms with Crippen molar-refractivity contribution in [1.29, 1.82) is 0 Å². The summed E-state index contributed by atoms with van der Waals surface area (Å²) in [6.45, 7) is 4.04. The van der Waals surface area contributed by atoms with E-state index in [-0.39, 0.29) is 11.3 Å². The third-order valence-corrected chi connectivity index (χ3v) is 6.11. The molecule has 5 heteroatoms. The van der Waals surface area contributed by atoms with E-state index in [0.29, 0.717) is 25.3 Å². The van der Waals surface area contributed by atoms with Crippen molar-refractivity contribution in [3.63, 3.8) is 0 Å². The maximum atomic E-state index is 12.8. The molecule has 1 heterocycles. The van der Waals surface area contributed by atoms with Crippen molar-refractivity contribution < 1.29 is 14.3 Å². The Morgan fingerprint density at radius 2 is 1.89 bits per heavy atom. The molecule has 0 atom stereocenters. The highest BCUT2D eigenvalue weighted by Gasteiger charge is 2.37. The Hall–Kier alpha value is -1.98. The predicted octanol–water partition coefficient (Wildman–Crippen LogP) is 4.34. The van der Waals surface area contributed by atoms with Crippen molar-refractivity contribution in [1.82, 2.24) is 5.32 Å². The molecule has 1 aliphatic heterocycles. The molecule has 1 N–H and O–H groups in total. The normalized spacial score (nSPS) is 15.8. The van der Waals surface area contributed by atoms with E-state index in [4.69, 9.17) is 9.47 Å². The molecule has 0 aliphatic carbocycles. The highest BCUT2D eigenvalue weighted by molar-refractivity contribution is 7.97. The first-order valence-electron chi connectivity index (χ1n) is 9.67. The van der Waals surface area contributed by atoms with Gasteiger partial charge in [-0.1, -0.05) is 29.8 Å². The summed E-state index contributed by atoms with van der Waals surface area (Å²) in [7, 11) is 1.70. The number of hydrogen-bond acceptors (Lipinski definition) is 4. The van der Waals surface area contributed by atoms with E-state index < -0.39 is 0 Å². The number of hydrogen-bond donors (Lipinski definition) is 1. The molecule has 150 valence electrons. The lowest BCUT2D eigenvalue weighted by atomic mass is 9.73. The fraction of sp³-hybridized carbons (Fsp3) is 0.435. The van der Waals surface area contributed by atoms with E-state index in [1.807, 2.05) is 30.3 Å². The Labute approximate surface area is 172 Å². The van der Waals surface area contributed by atoms with Crippen LogP contribution in [0.25, 0.3) is 0 Å². The molecule has 0 saturated carbocycles. The number of carbonyl (C=O) groups is 1. The molecule has 0 aromatic heterocycles. The number of thioether (sulfide) groups is 1. The monoisotopic (exact) mass is 399 g/mol. The van der Waals surface area contributed by atoms with Gasteiger partial charge in [0.1, 0.15) is 5.75 Å². The van der Waals surface area contributed by atoms with E-state index in [9.17, 15) is 4.79 Å². The molecule has 1 fully saturated rings. The highest BCUT2D eigenvalue weighted by Crippen LogP contribution is 2.40. The van der Waals surface area contributed by atoms with Crippen molar-refractivity contribution in [2.24, 2.45) is 0 Å². The van der Waals surface area contributed by atoms with E-state index >= 15 is 0 Å². The number of methoxy groups -OCH3 is 1. The fourth-order valence-electron chi connectivity index (χ4n) is 3.81. The Morgan fingerprint density at radius 1 is 1.18 bits per heavy atom. The zero-order chi connectivity index (χ0) is 20.0. The van der Waals surface area contributed by atoms with Gasteiger partial charge >= 0.3 is 0 Å². The first-order chi connectivity index (χ1) is 13.6. The molecule has 1 aliphatic rings. The maximum Gasteiger partial charge on any atom is 0.251 e. The highest BCUT2D eigenvalue weighted by atomic mass is 32.2. The van der Waals surface area contributed by atoms with Crippen LogP contribution in [0.15, 0.2) is 42.5 Å². The summed E-state index contributed by atoms with van der Waals surface area (Å²) in [5.74, 6) is 1.80. The predicted molar refractivity (Wildman–Crippen MR) is 115 cm³/mol. The third-order valence-electron chi connectivity index (χ3n) is 5.49. The molecule has 1 saturated heterocycles. The quantitative estimate of drug-likeness (QED) is 0.752. The van der Waals surface area contributed by atoms with E-state index in [0.717, 1.165) is 29.9 Å². The second-order valence-electron chi connectivity index (χ2n) is 7.41. The van der Waals surface area contributed by atoms with Crippen LogP contribution in [-0.4, -0.2) is 39.0 Å². The summed E-state index contributed by atoms with van der Waals surface area (Å²) in [5, 5.41) is 3.17. The second-order valence-corrected chi connectivity index (χ2v) is 8.28. The number of nitrogens with one attached hydrogen (secondary N) is 1. The van der Waals surface area contributed by atoms with Crippen molar-refractivity contribution >= 4 is 17.7 Å². The molecular formula is C23H29NO3S. The molecular weight excluding hydrogens is 370 g/mol. The first kappa shape index (κ1) is 20.7. The number of aryl methyl sites for hydroxylation is 1. The SMILES string of the molecule is COc1ccc(C)cc1C1(CNC(=O)c2ccc(CSC)cc2)CCOCC1. The van der Waals surface area contributed by atoms with E-state index in [2.05, 4.69) is 30.6 Å². The zero-order valence-electron chi connectivity index (χ0n) is 16.9. The van der Waals surface area contributed by atoms with Crippen LogP contribution in [-0.2, 0) is 15.9 Å². The summed E-state index contributed by atoms with van der Waals surface area (Å²) in [5.41, 5.74) is 4.10. The Bertz CT molecular complexity index is 798. The van der Waals surface area contributed by atoms with Crippen LogP contribution >= 0.6 is 11.8 Å². The maximum absolute atomic E-state index is 12.8. The van der Waals surface area contributed by atoms with Crippen LogP contribution in [0.5, 0.6) is 5.75 Å². The van der Waals surface area contributed by atoms with Gasteiger partial charge in [-0.25, -0.2) is 0 Å². The van der Waals surface area contributed by atoms with Crippen LogP contribution in [0.1, 0.15) is 39.9 Å². The lowest BCUT2D eigenvalue weighted by Gasteiger charge is -2.38. The lowest BCUT2D eigenvalue weighted by Crippen LogP contribution is -2.44. The van der Waals surface area contributed by atoms with Gasteiger partial charge in [0, 0.05) is 42.1 Å². The summed E-state index contributed by atoms with van der Waals surface area (Å²) < 4.78 is 11.3. The van der Waals surface area contributed by atoms with Gasteiger partial charge in [0.05, 0.1) is 7.11 Å². The number of amides is 1. The van der Waals surface area contributed by atoms with Gasteiger partial charge in [0.25, 0.3) is 5.91 Å². The van der Waals surface area contributed by atoms with Gasteiger partial charge in [0.2, 0.25) is 0 Å². The zero-order valence-corrected chi connectivity index (χ0v) is 17.7.